The zero-order chi connectivity index (χ0) is 16.2. The summed E-state index contributed by atoms with van der Waals surface area (Å²) >= 11 is 1.41. The summed E-state index contributed by atoms with van der Waals surface area (Å²) in [6.07, 6.45) is -4.79. The number of halogens is 3. The van der Waals surface area contributed by atoms with Gasteiger partial charge in [-0.15, -0.1) is 24.9 Å². The van der Waals surface area contributed by atoms with Crippen molar-refractivity contribution in [1.29, 1.82) is 0 Å². The summed E-state index contributed by atoms with van der Waals surface area (Å²) in [4.78, 5) is 24.5. The number of carbonyl (C=O) groups is 2. The minimum absolute atomic E-state index is 0.103. The normalized spacial score (nSPS) is 15.0. The van der Waals surface area contributed by atoms with E-state index in [4.69, 9.17) is 0 Å². The van der Waals surface area contributed by atoms with Gasteiger partial charge in [-0.2, -0.15) is 0 Å². The monoisotopic (exact) mass is 334 g/mol. The number of hydrogen-bond acceptors (Lipinski definition) is 4. The Morgan fingerprint density at radius 2 is 2.09 bits per heavy atom. The third-order valence-electron chi connectivity index (χ3n) is 2.83. The first kappa shape index (κ1) is 16.5. The van der Waals surface area contributed by atoms with E-state index in [1.54, 1.807) is 6.07 Å². The lowest BCUT2D eigenvalue weighted by Crippen LogP contribution is -2.37. The molecule has 5 nitrogen and oxygen atoms in total. The lowest BCUT2D eigenvalue weighted by molar-refractivity contribution is -0.274. The molecule has 120 valence electrons. The highest BCUT2D eigenvalue weighted by molar-refractivity contribution is 8.00. The number of thioether (sulfide) groups is 1. The molecule has 0 bridgehead atoms. The maximum atomic E-state index is 12.3. The third-order valence-corrected chi connectivity index (χ3v) is 3.78. The van der Waals surface area contributed by atoms with Crippen LogP contribution in [0, 0.1) is 0 Å². The minimum Gasteiger partial charge on any atom is -0.405 e. The molecule has 1 aliphatic rings. The van der Waals surface area contributed by atoms with Crippen LogP contribution in [0.3, 0.4) is 0 Å². The van der Waals surface area contributed by atoms with Gasteiger partial charge in [-0.05, 0) is 6.07 Å². The van der Waals surface area contributed by atoms with E-state index < -0.39 is 12.3 Å². The molecular formula is C13H13F3N2O3S. The van der Waals surface area contributed by atoms with E-state index in [0.717, 1.165) is 0 Å². The smallest absolute Gasteiger partial charge is 0.405 e. The van der Waals surface area contributed by atoms with E-state index in [2.05, 4.69) is 10.1 Å². The van der Waals surface area contributed by atoms with Crippen LogP contribution >= 0.6 is 11.8 Å². The average Bonchev–Trinajstić information content (AvgIpc) is 2.81. The van der Waals surface area contributed by atoms with Crippen molar-refractivity contribution in [2.24, 2.45) is 0 Å². The maximum absolute atomic E-state index is 12.3. The van der Waals surface area contributed by atoms with Crippen molar-refractivity contribution >= 4 is 23.6 Å². The number of nitrogens with one attached hydrogen (secondary N) is 1. The van der Waals surface area contributed by atoms with Crippen LogP contribution in [0.4, 0.5) is 13.2 Å². The highest BCUT2D eigenvalue weighted by Gasteiger charge is 2.32. The molecule has 0 spiro atoms. The Morgan fingerprint density at radius 3 is 2.73 bits per heavy atom. The Hall–Kier alpha value is -1.90. The second-order valence-electron chi connectivity index (χ2n) is 4.50. The number of benzene rings is 1. The van der Waals surface area contributed by atoms with Gasteiger partial charge >= 0.3 is 6.36 Å². The molecule has 2 amide bonds. The molecule has 1 saturated heterocycles. The van der Waals surface area contributed by atoms with Crippen LogP contribution in [0.2, 0.25) is 0 Å². The van der Waals surface area contributed by atoms with Gasteiger partial charge in [0.15, 0.2) is 0 Å². The van der Waals surface area contributed by atoms with Gasteiger partial charge < -0.3 is 15.0 Å². The van der Waals surface area contributed by atoms with E-state index in [-0.39, 0.29) is 30.3 Å². The fraction of sp³-hybridized carbons (Fsp3) is 0.385. The van der Waals surface area contributed by atoms with Gasteiger partial charge in [0.2, 0.25) is 11.8 Å². The summed E-state index contributed by atoms with van der Waals surface area (Å²) in [5.74, 6) is -0.128. The highest BCUT2D eigenvalue weighted by Crippen LogP contribution is 2.26. The Morgan fingerprint density at radius 1 is 1.36 bits per heavy atom. The van der Waals surface area contributed by atoms with Crippen LogP contribution in [-0.2, 0) is 16.1 Å². The number of alkyl halides is 3. The zero-order valence-electron chi connectivity index (χ0n) is 11.4. The van der Waals surface area contributed by atoms with Gasteiger partial charge in [-0.25, -0.2) is 0 Å². The Balaban J connectivity index is 1.91. The van der Waals surface area contributed by atoms with Crippen LogP contribution in [0.15, 0.2) is 24.3 Å². The van der Waals surface area contributed by atoms with Gasteiger partial charge in [-0.3, -0.25) is 9.59 Å². The number of para-hydroxylation sites is 1. The molecule has 0 radical (unpaired) electrons. The number of nitrogens with zero attached hydrogens (tertiary/aromatic N) is 1. The quantitative estimate of drug-likeness (QED) is 0.891. The lowest BCUT2D eigenvalue weighted by Gasteiger charge is -2.16. The third kappa shape index (κ3) is 4.83. The Bertz CT molecular complexity index is 566. The average molecular weight is 334 g/mol. The number of rotatable bonds is 5. The molecule has 1 N–H and O–H groups in total. The van der Waals surface area contributed by atoms with E-state index in [1.165, 1.54) is 34.9 Å². The van der Waals surface area contributed by atoms with Crippen molar-refractivity contribution in [3.05, 3.63) is 29.8 Å². The maximum Gasteiger partial charge on any atom is 0.573 e. The molecule has 1 aliphatic heterocycles. The van der Waals surface area contributed by atoms with Gasteiger partial charge in [-0.1, -0.05) is 18.2 Å². The summed E-state index contributed by atoms with van der Waals surface area (Å²) in [7, 11) is 0. The molecule has 0 unspecified atom stereocenters. The van der Waals surface area contributed by atoms with Crippen LogP contribution < -0.4 is 10.1 Å². The van der Waals surface area contributed by atoms with Gasteiger partial charge in [0.05, 0.1) is 11.6 Å². The van der Waals surface area contributed by atoms with Crippen molar-refractivity contribution in [1.82, 2.24) is 10.2 Å². The van der Waals surface area contributed by atoms with Crippen molar-refractivity contribution < 1.29 is 27.5 Å². The predicted octanol–water partition coefficient (Wildman–Crippen LogP) is 1.73. The number of carbonyl (C=O) groups excluding carboxylic acids is 2. The van der Waals surface area contributed by atoms with Crippen molar-refractivity contribution in [2.75, 3.05) is 18.2 Å². The lowest BCUT2D eigenvalue weighted by atomic mass is 10.2. The molecule has 0 atom stereocenters. The number of hydrogen-bond donors (Lipinski definition) is 1. The van der Waals surface area contributed by atoms with Crippen LogP contribution in [-0.4, -0.2) is 41.3 Å². The van der Waals surface area contributed by atoms with Crippen molar-refractivity contribution in [3.8, 4) is 5.75 Å². The SMILES string of the molecule is O=C(CN1CSCC1=O)NCc1ccccc1OC(F)(F)F. The van der Waals surface area contributed by atoms with E-state index in [9.17, 15) is 22.8 Å². The number of amides is 2. The molecule has 0 aliphatic carbocycles. The molecule has 1 aromatic carbocycles. The largest absolute Gasteiger partial charge is 0.573 e. The first-order valence-electron chi connectivity index (χ1n) is 6.31. The second kappa shape index (κ2) is 6.91. The molecular weight excluding hydrogens is 321 g/mol. The summed E-state index contributed by atoms with van der Waals surface area (Å²) < 4.78 is 40.7. The van der Waals surface area contributed by atoms with Crippen molar-refractivity contribution in [3.63, 3.8) is 0 Å². The molecule has 9 heteroatoms. The standard InChI is InChI=1S/C13H13F3N2O3S/c14-13(15,16)21-10-4-2-1-3-9(10)5-17-11(19)6-18-8-22-7-12(18)20/h1-4H,5-8H2,(H,17,19). The summed E-state index contributed by atoms with van der Waals surface area (Å²) in [6, 6.07) is 5.56. The van der Waals surface area contributed by atoms with Crippen LogP contribution in [0.5, 0.6) is 5.75 Å². The summed E-state index contributed by atoms with van der Waals surface area (Å²) in [6.45, 7) is -0.214. The molecule has 1 fully saturated rings. The Labute approximate surface area is 128 Å². The molecule has 1 heterocycles. The van der Waals surface area contributed by atoms with Crippen molar-refractivity contribution in [2.45, 2.75) is 12.9 Å². The fourth-order valence-electron chi connectivity index (χ4n) is 1.84. The topological polar surface area (TPSA) is 58.6 Å². The van der Waals surface area contributed by atoms with Gasteiger partial charge in [0, 0.05) is 12.1 Å². The first-order valence-corrected chi connectivity index (χ1v) is 7.46. The highest BCUT2D eigenvalue weighted by atomic mass is 32.2. The fourth-order valence-corrected chi connectivity index (χ4v) is 2.74. The van der Waals surface area contributed by atoms with E-state index in [1.807, 2.05) is 0 Å². The zero-order valence-corrected chi connectivity index (χ0v) is 12.2. The molecule has 22 heavy (non-hydrogen) atoms. The molecule has 0 saturated carbocycles. The number of ether oxygens (including phenoxy) is 1. The van der Waals surface area contributed by atoms with Crippen LogP contribution in [0.1, 0.15) is 5.56 Å². The Kier molecular flexibility index (Phi) is 5.17. The molecule has 1 aromatic rings. The van der Waals surface area contributed by atoms with E-state index >= 15 is 0 Å². The van der Waals surface area contributed by atoms with Gasteiger partial charge in [0.25, 0.3) is 0 Å². The minimum atomic E-state index is -4.79. The molecule has 0 aromatic heterocycles. The predicted molar refractivity (Wildman–Crippen MR) is 74.0 cm³/mol. The van der Waals surface area contributed by atoms with Crippen LogP contribution in [0.25, 0.3) is 0 Å². The van der Waals surface area contributed by atoms with E-state index in [0.29, 0.717) is 11.6 Å². The van der Waals surface area contributed by atoms with Gasteiger partial charge in [0.1, 0.15) is 12.3 Å². The first-order chi connectivity index (χ1) is 10.3. The summed E-state index contributed by atoms with van der Waals surface area (Å²) in [5.41, 5.74) is 0.204. The second-order valence-corrected chi connectivity index (χ2v) is 5.46. The molecule has 2 rings (SSSR count). The summed E-state index contributed by atoms with van der Waals surface area (Å²) in [5, 5.41) is 2.48.